The number of hydrogen-bond acceptors (Lipinski definition) is 7. The summed E-state index contributed by atoms with van der Waals surface area (Å²) >= 11 is 5.98. The molecule has 9 nitrogen and oxygen atoms in total. The van der Waals surface area contributed by atoms with Crippen molar-refractivity contribution in [1.29, 1.82) is 0 Å². The van der Waals surface area contributed by atoms with E-state index in [1.54, 1.807) is 18.3 Å². The standard InChI is InChI=1S/C26H33ClN8O/c1-4-21-16-34(25-17(2)29-23(15-28-25)24-30-18(3)31-32-24)13-14-35(21)22-9-11-33(12-10-22)26(36)19-5-7-20(27)8-6-19/h5-8,15,21-22H,4,9-14,16H2,1-3H3,(H,30,31,32)/t21-/m0/s1. The van der Waals surface area contributed by atoms with Gasteiger partial charge in [0.05, 0.1) is 11.9 Å². The van der Waals surface area contributed by atoms with E-state index in [0.717, 1.165) is 69.3 Å². The molecular formula is C26H33ClN8O. The second-order valence-corrected chi connectivity index (χ2v) is 10.1. The lowest BCUT2D eigenvalue weighted by Gasteiger charge is -2.47. The molecule has 0 bridgehead atoms. The maximum absolute atomic E-state index is 12.9. The van der Waals surface area contributed by atoms with Gasteiger partial charge in [-0.1, -0.05) is 18.5 Å². The number of H-pyrrole nitrogens is 1. The van der Waals surface area contributed by atoms with Crippen molar-refractivity contribution >= 4 is 23.3 Å². The van der Waals surface area contributed by atoms with Gasteiger partial charge in [0, 0.05) is 55.4 Å². The molecule has 0 spiro atoms. The van der Waals surface area contributed by atoms with Crippen LogP contribution in [0.4, 0.5) is 5.82 Å². The second kappa shape index (κ2) is 10.5. The number of rotatable bonds is 5. The van der Waals surface area contributed by atoms with E-state index < -0.39 is 0 Å². The molecule has 2 fully saturated rings. The maximum Gasteiger partial charge on any atom is 0.253 e. The molecule has 2 aliphatic rings. The van der Waals surface area contributed by atoms with Crippen molar-refractivity contribution < 1.29 is 4.79 Å². The topological polar surface area (TPSA) is 94.1 Å². The number of piperidine rings is 1. The Kier molecular flexibility index (Phi) is 7.20. The predicted octanol–water partition coefficient (Wildman–Crippen LogP) is 3.74. The number of nitrogens with zero attached hydrogens (tertiary/aromatic N) is 7. The molecule has 1 amide bonds. The first kappa shape index (κ1) is 24.6. The van der Waals surface area contributed by atoms with E-state index in [1.165, 1.54) is 0 Å². The van der Waals surface area contributed by atoms with Crippen LogP contribution in [0.1, 0.15) is 48.1 Å². The van der Waals surface area contributed by atoms with Crippen molar-refractivity contribution in [2.75, 3.05) is 37.6 Å². The van der Waals surface area contributed by atoms with Crippen LogP contribution in [0.2, 0.25) is 5.02 Å². The Hall–Kier alpha value is -3.04. The Labute approximate surface area is 216 Å². The van der Waals surface area contributed by atoms with Crippen molar-refractivity contribution in [3.8, 4) is 11.5 Å². The minimum Gasteiger partial charge on any atom is -0.352 e. The number of piperazine rings is 1. The Morgan fingerprint density at radius 1 is 1.08 bits per heavy atom. The molecule has 2 aliphatic heterocycles. The highest BCUT2D eigenvalue weighted by atomic mass is 35.5. The molecule has 1 aromatic carbocycles. The van der Waals surface area contributed by atoms with E-state index in [0.29, 0.717) is 34.2 Å². The summed E-state index contributed by atoms with van der Waals surface area (Å²) in [5.41, 5.74) is 2.29. The maximum atomic E-state index is 12.9. The number of amides is 1. The average molecular weight is 509 g/mol. The minimum atomic E-state index is 0.0969. The Morgan fingerprint density at radius 2 is 1.83 bits per heavy atom. The zero-order valence-corrected chi connectivity index (χ0v) is 21.9. The number of aromatic amines is 1. The molecule has 0 radical (unpaired) electrons. The minimum absolute atomic E-state index is 0.0969. The van der Waals surface area contributed by atoms with E-state index in [4.69, 9.17) is 21.6 Å². The van der Waals surface area contributed by atoms with Gasteiger partial charge in [-0.2, -0.15) is 5.10 Å². The van der Waals surface area contributed by atoms with Crippen LogP contribution in [-0.4, -0.2) is 85.7 Å². The molecule has 190 valence electrons. The van der Waals surface area contributed by atoms with E-state index in [1.807, 2.05) is 30.9 Å². The van der Waals surface area contributed by atoms with Gasteiger partial charge in [0.25, 0.3) is 5.91 Å². The Bertz CT molecular complexity index is 1200. The molecule has 1 atom stereocenters. The molecule has 0 unspecified atom stereocenters. The van der Waals surface area contributed by atoms with Gasteiger partial charge in [-0.3, -0.25) is 14.8 Å². The summed E-state index contributed by atoms with van der Waals surface area (Å²) in [6, 6.07) is 8.12. The third-order valence-electron chi connectivity index (χ3n) is 7.36. The molecule has 36 heavy (non-hydrogen) atoms. The number of likely N-dealkylation sites (tertiary alicyclic amines) is 1. The Morgan fingerprint density at radius 3 is 2.47 bits per heavy atom. The van der Waals surface area contributed by atoms with Crippen LogP contribution in [0.25, 0.3) is 11.5 Å². The summed E-state index contributed by atoms with van der Waals surface area (Å²) in [6.45, 7) is 10.5. The lowest BCUT2D eigenvalue weighted by Crippen LogP contribution is -2.58. The number of hydrogen-bond donors (Lipinski definition) is 1. The van der Waals surface area contributed by atoms with Crippen molar-refractivity contribution in [1.82, 2.24) is 34.9 Å². The van der Waals surface area contributed by atoms with E-state index in [2.05, 4.69) is 31.9 Å². The third kappa shape index (κ3) is 5.08. The van der Waals surface area contributed by atoms with Crippen LogP contribution >= 0.6 is 11.6 Å². The monoisotopic (exact) mass is 508 g/mol. The fraction of sp³-hybridized carbons (Fsp3) is 0.500. The third-order valence-corrected chi connectivity index (χ3v) is 7.61. The fourth-order valence-electron chi connectivity index (χ4n) is 5.43. The first-order valence-electron chi connectivity index (χ1n) is 12.7. The van der Waals surface area contributed by atoms with Gasteiger partial charge < -0.3 is 9.80 Å². The van der Waals surface area contributed by atoms with Crippen LogP contribution in [0.15, 0.2) is 30.5 Å². The highest BCUT2D eigenvalue weighted by molar-refractivity contribution is 6.30. The highest BCUT2D eigenvalue weighted by Crippen LogP contribution is 2.27. The number of carbonyl (C=O) groups excluding carboxylic acids is 1. The van der Waals surface area contributed by atoms with Gasteiger partial charge in [-0.05, 0) is 57.4 Å². The summed E-state index contributed by atoms with van der Waals surface area (Å²) in [4.78, 5) is 33.8. The average Bonchev–Trinajstić information content (AvgIpc) is 3.34. The van der Waals surface area contributed by atoms with Gasteiger partial charge in [-0.15, -0.1) is 0 Å². The zero-order valence-electron chi connectivity index (χ0n) is 21.1. The summed E-state index contributed by atoms with van der Waals surface area (Å²) < 4.78 is 0. The van der Waals surface area contributed by atoms with Crippen molar-refractivity contribution in [2.24, 2.45) is 0 Å². The lowest BCUT2D eigenvalue weighted by molar-refractivity contribution is 0.0490. The molecule has 2 aromatic heterocycles. The van der Waals surface area contributed by atoms with Crippen molar-refractivity contribution in [2.45, 2.75) is 52.1 Å². The van der Waals surface area contributed by atoms with Gasteiger partial charge >= 0.3 is 0 Å². The highest BCUT2D eigenvalue weighted by Gasteiger charge is 2.34. The van der Waals surface area contributed by atoms with E-state index >= 15 is 0 Å². The second-order valence-electron chi connectivity index (χ2n) is 9.68. The smallest absolute Gasteiger partial charge is 0.253 e. The summed E-state index contributed by atoms with van der Waals surface area (Å²) in [5, 5.41) is 7.72. The molecule has 0 saturated carbocycles. The number of halogens is 1. The van der Waals surface area contributed by atoms with Gasteiger partial charge in [-0.25, -0.2) is 15.0 Å². The normalized spacial score (nSPS) is 19.6. The van der Waals surface area contributed by atoms with Crippen LogP contribution in [-0.2, 0) is 0 Å². The Balaban J connectivity index is 1.20. The summed E-state index contributed by atoms with van der Waals surface area (Å²) in [7, 11) is 0. The number of carbonyl (C=O) groups is 1. The molecule has 10 heteroatoms. The molecule has 0 aliphatic carbocycles. The molecule has 4 heterocycles. The molecule has 2 saturated heterocycles. The van der Waals surface area contributed by atoms with Crippen molar-refractivity contribution in [3.63, 3.8) is 0 Å². The predicted molar refractivity (Wildman–Crippen MR) is 140 cm³/mol. The molecular weight excluding hydrogens is 476 g/mol. The van der Waals surface area contributed by atoms with Crippen LogP contribution in [0.3, 0.4) is 0 Å². The van der Waals surface area contributed by atoms with Crippen LogP contribution in [0, 0.1) is 13.8 Å². The van der Waals surface area contributed by atoms with E-state index in [-0.39, 0.29) is 5.91 Å². The quantitative estimate of drug-likeness (QED) is 0.561. The van der Waals surface area contributed by atoms with Crippen molar-refractivity contribution in [3.05, 3.63) is 52.6 Å². The summed E-state index contributed by atoms with van der Waals surface area (Å²) in [5.74, 6) is 2.37. The molecule has 5 rings (SSSR count). The molecule has 3 aromatic rings. The number of nitrogens with one attached hydrogen (secondary N) is 1. The van der Waals surface area contributed by atoms with Gasteiger partial charge in [0.1, 0.15) is 17.3 Å². The van der Waals surface area contributed by atoms with Crippen LogP contribution < -0.4 is 4.90 Å². The lowest BCUT2D eigenvalue weighted by atomic mass is 9.97. The fourth-order valence-corrected chi connectivity index (χ4v) is 5.56. The SMILES string of the molecule is CC[C@H]1CN(c2ncc(-c3n[nH]c(C)n3)nc2C)CCN1C1CCN(C(=O)c2ccc(Cl)cc2)CC1. The number of benzene rings is 1. The number of aryl methyl sites for hydroxylation is 2. The summed E-state index contributed by atoms with van der Waals surface area (Å²) in [6.07, 6.45) is 4.84. The first-order chi connectivity index (χ1) is 17.4. The largest absolute Gasteiger partial charge is 0.352 e. The number of aromatic nitrogens is 5. The zero-order chi connectivity index (χ0) is 25.2. The number of anilines is 1. The van der Waals surface area contributed by atoms with Gasteiger partial charge in [0.2, 0.25) is 5.82 Å². The van der Waals surface area contributed by atoms with Crippen LogP contribution in [0.5, 0.6) is 0 Å². The van der Waals surface area contributed by atoms with E-state index in [9.17, 15) is 4.79 Å². The molecule has 1 N–H and O–H groups in total. The van der Waals surface area contributed by atoms with Gasteiger partial charge in [0.15, 0.2) is 0 Å². The first-order valence-corrected chi connectivity index (χ1v) is 13.1.